The maximum Gasteiger partial charge on any atom is 0.419 e. The van der Waals surface area contributed by atoms with Crippen LogP contribution in [0.2, 0.25) is 0 Å². The normalized spacial score (nSPS) is 12.7. The van der Waals surface area contributed by atoms with Crippen LogP contribution in [-0.2, 0) is 18.8 Å². The number of aryl methyl sites for hydroxylation is 1. The molecule has 0 spiro atoms. The Hall–Kier alpha value is -3.28. The SMILES string of the molecule is CCC(C)C(N)=[NH2+].CCCCC(C)c1nc(-c2ccc(OCCCCc3ccc(C(F)(F)F)cc3)c(C(F)(F)F)c2)no1.CCl. The third-order valence-corrected chi connectivity index (χ3v) is 6.98. The molecule has 1 aromatic heterocycles. The van der Waals surface area contributed by atoms with Crippen LogP contribution in [0.25, 0.3) is 11.4 Å². The first-order valence-electron chi connectivity index (χ1n) is 14.8. The van der Waals surface area contributed by atoms with E-state index in [1.165, 1.54) is 30.6 Å². The number of alkyl halides is 7. The van der Waals surface area contributed by atoms with E-state index in [0.29, 0.717) is 42.5 Å². The van der Waals surface area contributed by atoms with Gasteiger partial charge in [-0.3, -0.25) is 11.1 Å². The zero-order valence-corrected chi connectivity index (χ0v) is 27.1. The molecular weight excluding hydrogens is 622 g/mol. The molecule has 0 aliphatic heterocycles. The van der Waals surface area contributed by atoms with Gasteiger partial charge in [-0.25, -0.2) is 0 Å². The highest BCUT2D eigenvalue weighted by Crippen LogP contribution is 2.39. The van der Waals surface area contributed by atoms with Crippen LogP contribution in [0.3, 0.4) is 0 Å². The molecule has 2 aromatic carbocycles. The van der Waals surface area contributed by atoms with Crippen molar-refractivity contribution in [2.75, 3.05) is 13.0 Å². The Kier molecular flexibility index (Phi) is 17.0. The molecule has 0 fully saturated rings. The lowest BCUT2D eigenvalue weighted by Gasteiger charge is -2.15. The van der Waals surface area contributed by atoms with Crippen molar-refractivity contribution in [3.8, 4) is 17.1 Å². The minimum Gasteiger partial charge on any atom is -0.493 e. The van der Waals surface area contributed by atoms with Gasteiger partial charge in [0.2, 0.25) is 17.6 Å². The van der Waals surface area contributed by atoms with Crippen LogP contribution in [0.5, 0.6) is 5.75 Å². The van der Waals surface area contributed by atoms with Crippen molar-refractivity contribution < 1.29 is 41.0 Å². The average molecular weight is 666 g/mol. The van der Waals surface area contributed by atoms with Gasteiger partial charge in [0.1, 0.15) is 5.75 Å². The van der Waals surface area contributed by atoms with Gasteiger partial charge in [0.25, 0.3) is 0 Å². The fraction of sp³-hybridized carbons (Fsp3) is 0.531. The van der Waals surface area contributed by atoms with Crippen molar-refractivity contribution in [1.29, 1.82) is 0 Å². The monoisotopic (exact) mass is 665 g/mol. The number of nitrogens with two attached hydrogens (primary N) is 2. The van der Waals surface area contributed by atoms with E-state index in [9.17, 15) is 26.3 Å². The summed E-state index contributed by atoms with van der Waals surface area (Å²) in [6, 6.07) is 8.48. The van der Waals surface area contributed by atoms with Gasteiger partial charge < -0.3 is 9.26 Å². The lowest BCUT2D eigenvalue weighted by Crippen LogP contribution is -2.49. The van der Waals surface area contributed by atoms with Crippen molar-refractivity contribution in [3.63, 3.8) is 0 Å². The molecule has 2 unspecified atom stereocenters. The second-order valence-corrected chi connectivity index (χ2v) is 10.5. The molecule has 6 nitrogen and oxygen atoms in total. The van der Waals surface area contributed by atoms with Crippen LogP contribution in [0.4, 0.5) is 26.3 Å². The lowest BCUT2D eigenvalue weighted by molar-refractivity contribution is -0.139. The molecule has 0 aliphatic carbocycles. The smallest absolute Gasteiger partial charge is 0.419 e. The van der Waals surface area contributed by atoms with Gasteiger partial charge in [-0.2, -0.15) is 31.3 Å². The number of hydrogen-bond donors (Lipinski definition) is 2. The van der Waals surface area contributed by atoms with Crippen LogP contribution < -0.4 is 15.9 Å². The standard InChI is InChI=1S/C26H28F6N2O2.C5H12N2.CH3Cl/c1-3-4-7-17(2)24-33-23(34-36-24)19-11-14-22(21(16-19)26(30,31)32)35-15-6-5-8-18-9-12-20(13-10-18)25(27,28)29;1-3-4(2)5(6)7;1-2/h9-14,16-17H,3-8,15H2,1-2H3;4H,3H2,1-2H3,(H3,6,7);1H3/p+1. The van der Waals surface area contributed by atoms with Crippen LogP contribution >= 0.6 is 11.6 Å². The Morgan fingerprint density at radius 2 is 1.60 bits per heavy atom. The fourth-order valence-corrected chi connectivity index (χ4v) is 3.91. The van der Waals surface area contributed by atoms with Gasteiger partial charge in [0, 0.05) is 17.9 Å². The first-order valence-corrected chi connectivity index (χ1v) is 15.5. The second kappa shape index (κ2) is 19.3. The zero-order chi connectivity index (χ0) is 34.2. The highest BCUT2D eigenvalue weighted by Gasteiger charge is 2.35. The summed E-state index contributed by atoms with van der Waals surface area (Å²) in [4.78, 5) is 4.27. The molecule has 0 amide bonds. The molecule has 0 radical (unpaired) electrons. The number of unbranched alkanes of at least 4 members (excludes halogenated alkanes) is 2. The number of benzene rings is 2. The molecule has 2 atom stereocenters. The largest absolute Gasteiger partial charge is 0.493 e. The number of aromatic nitrogens is 2. The lowest BCUT2D eigenvalue weighted by atomic mass is 10.0. The topological polar surface area (TPSA) is 99.8 Å². The van der Waals surface area contributed by atoms with Crippen LogP contribution in [0, 0.1) is 5.92 Å². The summed E-state index contributed by atoms with van der Waals surface area (Å²) >= 11 is 4.64. The predicted octanol–water partition coefficient (Wildman–Crippen LogP) is 8.47. The van der Waals surface area contributed by atoms with Crippen molar-refractivity contribution >= 4 is 17.4 Å². The molecule has 3 aromatic rings. The van der Waals surface area contributed by atoms with Gasteiger partial charge >= 0.3 is 12.4 Å². The third-order valence-electron chi connectivity index (χ3n) is 6.98. The summed E-state index contributed by atoms with van der Waals surface area (Å²) < 4.78 is 89.7. The van der Waals surface area contributed by atoms with Crippen LogP contribution in [-0.4, -0.2) is 29.0 Å². The van der Waals surface area contributed by atoms with Crippen LogP contribution in [0.15, 0.2) is 47.0 Å². The maximum atomic E-state index is 13.7. The molecule has 1 heterocycles. The summed E-state index contributed by atoms with van der Waals surface area (Å²) in [5, 5.41) is 9.09. The van der Waals surface area contributed by atoms with E-state index < -0.39 is 23.5 Å². The minimum atomic E-state index is -4.65. The Labute approximate surface area is 266 Å². The summed E-state index contributed by atoms with van der Waals surface area (Å²) in [6.45, 7) is 8.10. The first-order chi connectivity index (χ1) is 21.2. The van der Waals surface area contributed by atoms with E-state index in [-0.39, 0.29) is 29.7 Å². The average Bonchev–Trinajstić information content (AvgIpc) is 3.50. The number of rotatable bonds is 13. The molecule has 0 aliphatic rings. The Morgan fingerprint density at radius 1 is 0.956 bits per heavy atom. The predicted molar refractivity (Wildman–Crippen MR) is 165 cm³/mol. The molecular formula is C32H44ClF6N4O2+. The maximum absolute atomic E-state index is 13.7. The zero-order valence-electron chi connectivity index (χ0n) is 26.4. The minimum absolute atomic E-state index is 0.0125. The summed E-state index contributed by atoms with van der Waals surface area (Å²) in [7, 11) is 0. The Morgan fingerprint density at radius 3 is 2.11 bits per heavy atom. The van der Waals surface area contributed by atoms with Crippen LogP contribution in [0.1, 0.15) is 94.7 Å². The van der Waals surface area contributed by atoms with Gasteiger partial charge in [-0.05, 0) is 68.0 Å². The molecule has 3 rings (SSSR count). The van der Waals surface area contributed by atoms with Crippen molar-refractivity contribution in [1.82, 2.24) is 10.1 Å². The van der Waals surface area contributed by atoms with E-state index in [0.717, 1.165) is 43.9 Å². The van der Waals surface area contributed by atoms with E-state index in [1.807, 2.05) is 13.8 Å². The first kappa shape index (κ1) is 39.7. The molecule has 252 valence electrons. The highest BCUT2D eigenvalue weighted by molar-refractivity contribution is 6.15. The number of amidine groups is 1. The van der Waals surface area contributed by atoms with E-state index in [1.54, 1.807) is 0 Å². The van der Waals surface area contributed by atoms with Crippen molar-refractivity contribution in [2.45, 2.75) is 90.9 Å². The molecule has 0 saturated heterocycles. The molecule has 13 heteroatoms. The third kappa shape index (κ3) is 13.7. The van der Waals surface area contributed by atoms with E-state index in [2.05, 4.69) is 35.6 Å². The number of nitrogens with zero attached hydrogens (tertiary/aromatic N) is 2. The number of hydrogen-bond acceptors (Lipinski definition) is 4. The van der Waals surface area contributed by atoms with Gasteiger partial charge in [-0.1, -0.05) is 57.8 Å². The number of ether oxygens (including phenoxy) is 1. The molecule has 0 saturated carbocycles. The fourth-order valence-electron chi connectivity index (χ4n) is 3.91. The molecule has 0 bridgehead atoms. The molecule has 45 heavy (non-hydrogen) atoms. The number of halogens is 7. The Bertz CT molecular complexity index is 1280. The quantitative estimate of drug-likeness (QED) is 0.0627. The van der Waals surface area contributed by atoms with E-state index >= 15 is 0 Å². The van der Waals surface area contributed by atoms with Gasteiger partial charge in [0.15, 0.2) is 0 Å². The summed E-state index contributed by atoms with van der Waals surface area (Å²) in [5.41, 5.74) is 4.47. The van der Waals surface area contributed by atoms with E-state index in [4.69, 9.17) is 20.4 Å². The highest BCUT2D eigenvalue weighted by atomic mass is 35.5. The molecule has 4 N–H and O–H groups in total. The Balaban J connectivity index is 0.000000991. The van der Waals surface area contributed by atoms with Gasteiger partial charge in [0.05, 0.1) is 23.7 Å². The van der Waals surface area contributed by atoms with Gasteiger partial charge in [-0.15, -0.1) is 11.6 Å². The van der Waals surface area contributed by atoms with Crippen molar-refractivity contribution in [3.05, 3.63) is 65.0 Å². The second-order valence-electron chi connectivity index (χ2n) is 10.5. The summed E-state index contributed by atoms with van der Waals surface area (Å²) in [5.74, 6) is 1.10. The van der Waals surface area contributed by atoms with Crippen molar-refractivity contribution in [2.24, 2.45) is 11.7 Å². The summed E-state index contributed by atoms with van der Waals surface area (Å²) in [6.07, 6.45) is -2.23.